The number of nitrogens with one attached hydrogen (secondary N) is 1. The minimum atomic E-state index is -1.28. The van der Waals surface area contributed by atoms with E-state index >= 15 is 0 Å². The molecule has 12 heteroatoms. The van der Waals surface area contributed by atoms with Crippen LogP contribution in [-0.2, 0) is 11.2 Å². The Morgan fingerprint density at radius 2 is 1.33 bits per heavy atom. The minimum absolute atomic E-state index is 0.144. The third-order valence-corrected chi connectivity index (χ3v) is 10.7. The average molecular weight is 694 g/mol. The van der Waals surface area contributed by atoms with E-state index in [1.165, 1.54) is 0 Å². The molecule has 2 unspecified atom stereocenters. The number of carbonyl (C=O) groups is 4. The van der Waals surface area contributed by atoms with Gasteiger partial charge in [-0.2, -0.15) is 5.10 Å². The molecule has 0 spiro atoms. The summed E-state index contributed by atoms with van der Waals surface area (Å²) >= 11 is 0. The Balaban J connectivity index is 0.902. The maximum Gasteiger partial charge on any atom is 0.262 e. The van der Waals surface area contributed by atoms with Crippen LogP contribution in [0.15, 0.2) is 91.4 Å². The summed E-state index contributed by atoms with van der Waals surface area (Å²) in [6, 6.07) is 22.9. The van der Waals surface area contributed by atoms with Gasteiger partial charge in [0.2, 0.25) is 5.91 Å². The maximum atomic E-state index is 13.4. The van der Waals surface area contributed by atoms with Gasteiger partial charge in [0.15, 0.2) is 5.78 Å². The summed E-state index contributed by atoms with van der Waals surface area (Å²) in [6.07, 6.45) is 5.98. The Morgan fingerprint density at radius 1 is 0.654 bits per heavy atom. The lowest BCUT2D eigenvalue weighted by Crippen LogP contribution is -2.57. The molecule has 12 nitrogen and oxygen atoms in total. The van der Waals surface area contributed by atoms with Crippen molar-refractivity contribution < 1.29 is 24.3 Å². The molecule has 2 N–H and O–H groups in total. The molecule has 0 bridgehead atoms. The van der Waals surface area contributed by atoms with Gasteiger partial charge in [-0.25, -0.2) is 4.68 Å². The lowest BCUT2D eigenvalue weighted by atomic mass is 9.98. The highest BCUT2D eigenvalue weighted by atomic mass is 16.3. The van der Waals surface area contributed by atoms with Crippen molar-refractivity contribution in [1.82, 2.24) is 25.0 Å². The fourth-order valence-corrected chi connectivity index (χ4v) is 7.89. The quantitative estimate of drug-likeness (QED) is 0.250. The molecular weight excluding hydrogens is 658 g/mol. The monoisotopic (exact) mass is 693 g/mol. The number of aryl methyl sites for hydroxylation is 1. The van der Waals surface area contributed by atoms with E-state index in [2.05, 4.69) is 50.4 Å². The topological polar surface area (TPSA) is 141 Å². The molecule has 2 atom stereocenters. The van der Waals surface area contributed by atoms with Crippen LogP contribution < -0.4 is 15.1 Å². The molecule has 2 saturated heterocycles. The van der Waals surface area contributed by atoms with Crippen molar-refractivity contribution in [1.29, 1.82) is 0 Å². The first-order valence-corrected chi connectivity index (χ1v) is 17.6. The van der Waals surface area contributed by atoms with Gasteiger partial charge < -0.3 is 20.2 Å². The standard InChI is InChI=1S/C40H35N7O5/c48-35-11-2-25-21-26(1-8-30(25)35)33-23-46(43-37(33)24-13-15-41-16-14-24)28-5-3-27(4-6-28)44-17-19-45(20-18-44)29-7-9-31-32(22-29)40(52)47(39(31)51)34-10-12-36(49)42-38(34)50/h1,3-9,13-16,21-23,34,38,50H,2,10-12,17-20H2,(H,42,49). The Morgan fingerprint density at radius 3 is 2.08 bits per heavy atom. The number of fused-ring (bicyclic) bond motifs is 2. The highest BCUT2D eigenvalue weighted by Crippen LogP contribution is 2.36. The van der Waals surface area contributed by atoms with Gasteiger partial charge in [0, 0.05) is 85.7 Å². The predicted molar refractivity (Wildman–Crippen MR) is 193 cm³/mol. The van der Waals surface area contributed by atoms with Gasteiger partial charge in [-0.1, -0.05) is 18.2 Å². The number of nitrogens with zero attached hydrogens (tertiary/aromatic N) is 6. The molecule has 3 aliphatic heterocycles. The van der Waals surface area contributed by atoms with Crippen molar-refractivity contribution in [3.63, 3.8) is 0 Å². The molecule has 3 amide bonds. The van der Waals surface area contributed by atoms with Crippen molar-refractivity contribution in [2.24, 2.45) is 0 Å². The summed E-state index contributed by atoms with van der Waals surface area (Å²) in [6.45, 7) is 2.98. The van der Waals surface area contributed by atoms with Crippen molar-refractivity contribution in [2.45, 2.75) is 38.0 Å². The summed E-state index contributed by atoms with van der Waals surface area (Å²) in [5.74, 6) is -0.984. The fraction of sp³-hybridized carbons (Fsp3) is 0.250. The van der Waals surface area contributed by atoms with Crippen LogP contribution in [0, 0.1) is 0 Å². The number of aromatic nitrogens is 3. The van der Waals surface area contributed by atoms with Gasteiger partial charge in [0.25, 0.3) is 11.8 Å². The summed E-state index contributed by atoms with van der Waals surface area (Å²) < 4.78 is 1.90. The number of rotatable bonds is 6. The van der Waals surface area contributed by atoms with Crippen molar-refractivity contribution in [3.8, 4) is 28.1 Å². The fourth-order valence-electron chi connectivity index (χ4n) is 7.89. The Kier molecular flexibility index (Phi) is 7.69. The van der Waals surface area contributed by atoms with E-state index < -0.39 is 24.1 Å². The van der Waals surface area contributed by atoms with Crippen LogP contribution in [0.25, 0.3) is 28.1 Å². The van der Waals surface area contributed by atoms with Gasteiger partial charge in [-0.15, -0.1) is 0 Å². The lowest BCUT2D eigenvalue weighted by Gasteiger charge is -2.37. The molecule has 1 aliphatic carbocycles. The number of Topliss-reactive ketones (excluding diaryl/α,β-unsaturated/α-hetero) is 1. The number of amides is 3. The summed E-state index contributed by atoms with van der Waals surface area (Å²) in [7, 11) is 0. The van der Waals surface area contributed by atoms with Crippen LogP contribution in [0.5, 0.6) is 0 Å². The molecule has 5 heterocycles. The molecule has 9 rings (SSSR count). The van der Waals surface area contributed by atoms with Gasteiger partial charge in [-0.05, 0) is 78.6 Å². The number of aliphatic hydroxyl groups excluding tert-OH is 1. The zero-order valence-electron chi connectivity index (χ0n) is 28.2. The SMILES string of the molecule is O=C1CCC(N2C(=O)c3ccc(N4CCN(c5ccc(-n6cc(-c7ccc8c(c7)CCC8=O)c(-c7ccncc7)n6)cc5)CC4)cc3C2=O)C(O)N1. The van der Waals surface area contributed by atoms with Crippen LogP contribution >= 0.6 is 0 Å². The van der Waals surface area contributed by atoms with E-state index in [1.807, 2.05) is 41.2 Å². The normalized spacial score (nSPS) is 20.0. The van der Waals surface area contributed by atoms with Gasteiger partial charge in [-0.3, -0.25) is 29.1 Å². The minimum Gasteiger partial charge on any atom is -0.372 e. The molecule has 260 valence electrons. The predicted octanol–water partition coefficient (Wildman–Crippen LogP) is 4.25. The molecule has 52 heavy (non-hydrogen) atoms. The number of piperazine rings is 1. The number of carbonyl (C=O) groups excluding carboxylic acids is 4. The second-order valence-electron chi connectivity index (χ2n) is 13.7. The number of benzene rings is 3. The summed E-state index contributed by atoms with van der Waals surface area (Å²) in [5.41, 5.74) is 9.24. The van der Waals surface area contributed by atoms with E-state index in [0.717, 1.165) is 88.1 Å². The van der Waals surface area contributed by atoms with Gasteiger partial charge in [0.05, 0.1) is 22.9 Å². The van der Waals surface area contributed by atoms with E-state index in [0.29, 0.717) is 17.5 Å². The Bertz CT molecular complexity index is 2260. The van der Waals surface area contributed by atoms with Gasteiger partial charge >= 0.3 is 0 Å². The largest absolute Gasteiger partial charge is 0.372 e. The van der Waals surface area contributed by atoms with Crippen LogP contribution in [0.3, 0.4) is 0 Å². The second-order valence-corrected chi connectivity index (χ2v) is 13.7. The zero-order valence-corrected chi connectivity index (χ0v) is 28.2. The zero-order chi connectivity index (χ0) is 35.5. The highest BCUT2D eigenvalue weighted by Gasteiger charge is 2.44. The molecule has 0 saturated carbocycles. The van der Waals surface area contributed by atoms with E-state index in [4.69, 9.17) is 5.10 Å². The number of ketones is 1. The third kappa shape index (κ3) is 5.43. The number of hydrogen-bond acceptors (Lipinski definition) is 9. The molecule has 4 aliphatic rings. The molecule has 2 aromatic heterocycles. The van der Waals surface area contributed by atoms with Crippen molar-refractivity contribution in [3.05, 3.63) is 114 Å². The molecular formula is C40H35N7O5. The van der Waals surface area contributed by atoms with E-state index in [-0.39, 0.29) is 24.5 Å². The van der Waals surface area contributed by atoms with E-state index in [1.54, 1.807) is 24.5 Å². The highest BCUT2D eigenvalue weighted by molar-refractivity contribution is 6.22. The number of hydrogen-bond donors (Lipinski definition) is 2. The number of aliphatic hydroxyl groups is 1. The van der Waals surface area contributed by atoms with Crippen LogP contribution in [0.2, 0.25) is 0 Å². The average Bonchev–Trinajstić information content (AvgIpc) is 3.86. The third-order valence-electron chi connectivity index (χ3n) is 10.7. The van der Waals surface area contributed by atoms with Crippen LogP contribution in [0.1, 0.15) is 55.9 Å². The first-order chi connectivity index (χ1) is 25.3. The maximum absolute atomic E-state index is 13.4. The Hall–Kier alpha value is -6.14. The number of pyridine rings is 1. The number of piperidine rings is 1. The first kappa shape index (κ1) is 31.8. The smallest absolute Gasteiger partial charge is 0.262 e. The number of anilines is 2. The summed E-state index contributed by atoms with van der Waals surface area (Å²) in [5, 5.41) is 17.8. The van der Waals surface area contributed by atoms with Gasteiger partial charge in [0.1, 0.15) is 11.9 Å². The molecule has 0 radical (unpaired) electrons. The second kappa shape index (κ2) is 12.6. The van der Waals surface area contributed by atoms with E-state index in [9.17, 15) is 24.3 Å². The number of imide groups is 1. The Labute approximate surface area is 299 Å². The van der Waals surface area contributed by atoms with Crippen LogP contribution in [-0.4, -0.2) is 86.7 Å². The van der Waals surface area contributed by atoms with Crippen molar-refractivity contribution >= 4 is 34.9 Å². The first-order valence-electron chi connectivity index (χ1n) is 17.6. The summed E-state index contributed by atoms with van der Waals surface area (Å²) in [4.78, 5) is 60.3. The van der Waals surface area contributed by atoms with Crippen LogP contribution in [0.4, 0.5) is 11.4 Å². The molecule has 3 aromatic carbocycles. The molecule has 2 fully saturated rings. The van der Waals surface area contributed by atoms with Crippen molar-refractivity contribution in [2.75, 3.05) is 36.0 Å². The lowest BCUT2D eigenvalue weighted by molar-refractivity contribution is -0.129. The molecule has 5 aromatic rings.